The van der Waals surface area contributed by atoms with Gasteiger partial charge in [0.15, 0.2) is 0 Å². The molecule has 106 valence electrons. The van der Waals surface area contributed by atoms with E-state index in [9.17, 15) is 0 Å². The van der Waals surface area contributed by atoms with Gasteiger partial charge in [0.25, 0.3) is 0 Å². The fourth-order valence-corrected chi connectivity index (χ4v) is 2.69. The minimum Gasteiger partial charge on any atom is -0.373 e. The van der Waals surface area contributed by atoms with Crippen LogP contribution in [0.1, 0.15) is 38.1 Å². The van der Waals surface area contributed by atoms with Crippen LogP contribution < -0.4 is 5.32 Å². The fourth-order valence-electron chi connectivity index (χ4n) is 1.85. The molecule has 2 rings (SSSR count). The van der Waals surface area contributed by atoms with Crippen molar-refractivity contribution in [2.75, 3.05) is 12.4 Å². The molecule has 0 aliphatic heterocycles. The van der Waals surface area contributed by atoms with Gasteiger partial charge in [0, 0.05) is 24.4 Å². The first-order chi connectivity index (χ1) is 9.62. The highest BCUT2D eigenvalue weighted by Gasteiger charge is 2.05. The molecule has 0 radical (unpaired) electrons. The minimum absolute atomic E-state index is 0.565. The van der Waals surface area contributed by atoms with Gasteiger partial charge in [-0.2, -0.15) is 0 Å². The maximum absolute atomic E-state index is 4.56. The van der Waals surface area contributed by atoms with Crippen LogP contribution in [0.25, 0.3) is 0 Å². The monoisotopic (exact) mass is 287 g/mol. The summed E-state index contributed by atoms with van der Waals surface area (Å²) in [5, 5.41) is 4.07. The quantitative estimate of drug-likeness (QED) is 0.829. The molecule has 1 aromatic heterocycles. The molecule has 0 aliphatic rings. The number of rotatable bonds is 5. The van der Waals surface area contributed by atoms with Crippen molar-refractivity contribution in [3.05, 3.63) is 41.7 Å². The van der Waals surface area contributed by atoms with Crippen LogP contribution in [-0.2, 0) is 6.42 Å². The van der Waals surface area contributed by atoms with E-state index in [1.165, 1.54) is 10.5 Å². The summed E-state index contributed by atoms with van der Waals surface area (Å²) in [4.78, 5) is 10.2. The van der Waals surface area contributed by atoms with E-state index in [4.69, 9.17) is 0 Å². The number of aromatic nitrogens is 2. The van der Waals surface area contributed by atoms with Gasteiger partial charge < -0.3 is 5.32 Å². The molecule has 0 aliphatic carbocycles. The molecule has 1 heterocycles. The van der Waals surface area contributed by atoms with Crippen molar-refractivity contribution >= 4 is 17.6 Å². The molecule has 20 heavy (non-hydrogen) atoms. The van der Waals surface area contributed by atoms with E-state index in [1.54, 1.807) is 11.8 Å². The highest BCUT2D eigenvalue weighted by atomic mass is 32.2. The lowest BCUT2D eigenvalue weighted by Gasteiger charge is -2.08. The molecule has 3 nitrogen and oxygen atoms in total. The molecule has 0 bridgehead atoms. The molecule has 1 aromatic carbocycles. The Kier molecular flexibility index (Phi) is 5.01. The van der Waals surface area contributed by atoms with Crippen LogP contribution in [0.5, 0.6) is 0 Å². The van der Waals surface area contributed by atoms with Crippen molar-refractivity contribution in [1.29, 1.82) is 0 Å². The molecule has 0 spiro atoms. The summed E-state index contributed by atoms with van der Waals surface area (Å²) in [5.74, 6) is 2.31. The van der Waals surface area contributed by atoms with E-state index in [2.05, 4.69) is 60.3 Å². The minimum atomic E-state index is 0.565. The zero-order chi connectivity index (χ0) is 14.5. The van der Waals surface area contributed by atoms with Gasteiger partial charge in [-0.3, -0.25) is 0 Å². The normalized spacial score (nSPS) is 10.8. The van der Waals surface area contributed by atoms with Crippen LogP contribution in [0.3, 0.4) is 0 Å². The Morgan fingerprint density at radius 1 is 1.15 bits per heavy atom. The maximum atomic E-state index is 4.56. The Morgan fingerprint density at radius 2 is 1.85 bits per heavy atom. The molecule has 0 atom stereocenters. The van der Waals surface area contributed by atoms with Gasteiger partial charge in [-0.25, -0.2) is 9.97 Å². The lowest BCUT2D eigenvalue weighted by Crippen LogP contribution is -2.00. The molecule has 0 amide bonds. The summed E-state index contributed by atoms with van der Waals surface area (Å²) < 4.78 is 0. The highest BCUT2D eigenvalue weighted by Crippen LogP contribution is 2.28. The summed E-state index contributed by atoms with van der Waals surface area (Å²) in [7, 11) is 1.88. The van der Waals surface area contributed by atoms with Gasteiger partial charge in [-0.1, -0.05) is 44.7 Å². The van der Waals surface area contributed by atoms with Gasteiger partial charge in [0.1, 0.15) is 16.7 Å². The Morgan fingerprint density at radius 3 is 2.40 bits per heavy atom. The zero-order valence-electron chi connectivity index (χ0n) is 12.5. The number of anilines is 1. The molecule has 0 saturated heterocycles. The number of benzene rings is 1. The Balaban J connectivity index is 2.20. The maximum Gasteiger partial charge on any atom is 0.131 e. The van der Waals surface area contributed by atoms with Crippen LogP contribution >= 0.6 is 11.8 Å². The summed E-state index contributed by atoms with van der Waals surface area (Å²) >= 11 is 1.68. The van der Waals surface area contributed by atoms with Crippen molar-refractivity contribution in [2.24, 2.45) is 0 Å². The van der Waals surface area contributed by atoms with Crippen LogP contribution in [0, 0.1) is 0 Å². The second-order valence-corrected chi connectivity index (χ2v) is 6.03. The zero-order valence-corrected chi connectivity index (χ0v) is 13.3. The third kappa shape index (κ3) is 3.73. The molecule has 2 aromatic rings. The van der Waals surface area contributed by atoms with Crippen molar-refractivity contribution in [3.63, 3.8) is 0 Å². The van der Waals surface area contributed by atoms with Crippen molar-refractivity contribution in [1.82, 2.24) is 9.97 Å². The molecular formula is C16H21N3S. The Bertz CT molecular complexity index is 542. The number of aryl methyl sites for hydroxylation is 1. The first kappa shape index (κ1) is 14.9. The SMILES string of the molecule is CCc1nc(NC)cc(Sc2ccc(C(C)C)cc2)n1. The highest BCUT2D eigenvalue weighted by molar-refractivity contribution is 7.99. The molecular weight excluding hydrogens is 266 g/mol. The lowest BCUT2D eigenvalue weighted by atomic mass is 10.0. The third-order valence-electron chi connectivity index (χ3n) is 3.09. The predicted molar refractivity (Wildman–Crippen MR) is 85.6 cm³/mol. The van der Waals surface area contributed by atoms with Crippen LogP contribution in [0.15, 0.2) is 40.3 Å². The van der Waals surface area contributed by atoms with Crippen LogP contribution in [0.2, 0.25) is 0 Å². The second kappa shape index (κ2) is 6.75. The number of hydrogen-bond donors (Lipinski definition) is 1. The van der Waals surface area contributed by atoms with Gasteiger partial charge in [0.2, 0.25) is 0 Å². The van der Waals surface area contributed by atoms with Gasteiger partial charge >= 0.3 is 0 Å². The molecule has 0 saturated carbocycles. The van der Waals surface area contributed by atoms with Gasteiger partial charge in [-0.15, -0.1) is 0 Å². The summed E-state index contributed by atoms with van der Waals surface area (Å²) in [5.41, 5.74) is 1.36. The first-order valence-electron chi connectivity index (χ1n) is 6.96. The van der Waals surface area contributed by atoms with E-state index in [-0.39, 0.29) is 0 Å². The summed E-state index contributed by atoms with van der Waals surface area (Å²) in [6.45, 7) is 6.49. The Hall–Kier alpha value is -1.55. The molecule has 0 unspecified atom stereocenters. The van der Waals surface area contributed by atoms with Gasteiger partial charge in [0.05, 0.1) is 0 Å². The fraction of sp³-hybridized carbons (Fsp3) is 0.375. The van der Waals surface area contributed by atoms with E-state index >= 15 is 0 Å². The van der Waals surface area contributed by atoms with Gasteiger partial charge in [-0.05, 0) is 23.6 Å². The summed E-state index contributed by atoms with van der Waals surface area (Å²) in [6, 6.07) is 10.7. The topological polar surface area (TPSA) is 37.8 Å². The van der Waals surface area contributed by atoms with Crippen LogP contribution in [0.4, 0.5) is 5.82 Å². The number of hydrogen-bond acceptors (Lipinski definition) is 4. The molecule has 0 fully saturated rings. The largest absolute Gasteiger partial charge is 0.373 e. The average Bonchev–Trinajstić information content (AvgIpc) is 2.47. The van der Waals surface area contributed by atoms with Crippen molar-refractivity contribution in [3.8, 4) is 0 Å². The number of nitrogens with zero attached hydrogens (tertiary/aromatic N) is 2. The Labute approximate surface area is 125 Å². The van der Waals surface area contributed by atoms with Crippen molar-refractivity contribution < 1.29 is 0 Å². The third-order valence-corrected chi connectivity index (χ3v) is 4.02. The van der Waals surface area contributed by atoms with Crippen LogP contribution in [-0.4, -0.2) is 17.0 Å². The lowest BCUT2D eigenvalue weighted by molar-refractivity contribution is 0.864. The second-order valence-electron chi connectivity index (χ2n) is 4.94. The molecule has 1 N–H and O–H groups in total. The van der Waals surface area contributed by atoms with Crippen molar-refractivity contribution in [2.45, 2.75) is 43.0 Å². The average molecular weight is 287 g/mol. The number of nitrogens with one attached hydrogen (secondary N) is 1. The van der Waals surface area contributed by atoms with E-state index < -0.39 is 0 Å². The predicted octanol–water partition coefficient (Wildman–Crippen LogP) is 4.36. The molecule has 4 heteroatoms. The first-order valence-corrected chi connectivity index (χ1v) is 7.77. The van der Waals surface area contributed by atoms with E-state index in [1.807, 2.05) is 13.1 Å². The van der Waals surface area contributed by atoms with E-state index in [0.717, 1.165) is 23.1 Å². The standard InChI is InChI=1S/C16H21N3S/c1-5-14-18-15(17-4)10-16(19-14)20-13-8-6-12(7-9-13)11(2)3/h6-11H,5H2,1-4H3,(H,17,18,19). The smallest absolute Gasteiger partial charge is 0.131 e. The van der Waals surface area contributed by atoms with E-state index in [0.29, 0.717) is 5.92 Å². The summed E-state index contributed by atoms with van der Waals surface area (Å²) in [6.07, 6.45) is 0.843.